The third-order valence-corrected chi connectivity index (χ3v) is 5.98. The van der Waals surface area contributed by atoms with Crippen LogP contribution in [0, 0.1) is 5.92 Å². The van der Waals surface area contributed by atoms with E-state index in [9.17, 15) is 4.79 Å². The lowest BCUT2D eigenvalue weighted by atomic mass is 9.75. The molecule has 2 aliphatic carbocycles. The fourth-order valence-corrected chi connectivity index (χ4v) is 4.72. The number of allylic oxidation sites excluding steroid dienone is 2. The molecule has 1 aliphatic heterocycles. The first-order chi connectivity index (χ1) is 13.2. The Labute approximate surface area is 158 Å². The zero-order chi connectivity index (χ0) is 18.4. The predicted molar refractivity (Wildman–Crippen MR) is 102 cm³/mol. The summed E-state index contributed by atoms with van der Waals surface area (Å²) in [6.07, 6.45) is 6.27. The molecule has 1 unspecified atom stereocenters. The number of nitrogens with zero attached hydrogens (tertiary/aromatic N) is 1. The molecule has 0 N–H and O–H groups in total. The Morgan fingerprint density at radius 2 is 2.04 bits per heavy atom. The first kappa shape index (κ1) is 16.5. The number of carbonyl (C=O) groups excluding carboxylic acids is 1. The van der Waals surface area contributed by atoms with E-state index >= 15 is 0 Å². The number of hydrogen-bond donors (Lipinski definition) is 0. The minimum absolute atomic E-state index is 0.175. The van der Waals surface area contributed by atoms with Crippen molar-refractivity contribution in [3.8, 4) is 11.3 Å². The molecule has 1 saturated heterocycles. The molecule has 27 heavy (non-hydrogen) atoms. The van der Waals surface area contributed by atoms with Gasteiger partial charge in [0.2, 0.25) is 0 Å². The van der Waals surface area contributed by atoms with Crippen molar-refractivity contribution in [3.63, 3.8) is 0 Å². The van der Waals surface area contributed by atoms with Gasteiger partial charge in [0, 0.05) is 17.7 Å². The van der Waals surface area contributed by atoms with Crippen LogP contribution in [0.5, 0.6) is 0 Å². The van der Waals surface area contributed by atoms with Crippen LogP contribution in [-0.2, 0) is 20.9 Å². The fraction of sp³-hybridized carbons (Fsp3) is 0.304. The molecule has 1 aromatic heterocycles. The summed E-state index contributed by atoms with van der Waals surface area (Å²) >= 11 is 0. The maximum Gasteiger partial charge on any atom is 0.337 e. The molecule has 136 valence electrons. The standard InChI is InChI=1S/C23H21NO3/c1-15-11-18-8-10-21-23(18,19(12-15)22(25)27-21)26-14-16-7-9-20(24-13-16)17-5-3-2-4-6-17/h2-7,9,12-13,18,21H,1,8,10-11,14H2/t18?,21-,23+/m1/s1. The Kier molecular flexibility index (Phi) is 3.76. The molecule has 2 aromatic rings. The van der Waals surface area contributed by atoms with Gasteiger partial charge in [-0.3, -0.25) is 4.98 Å². The second-order valence-corrected chi connectivity index (χ2v) is 7.59. The molecule has 5 rings (SSSR count). The fourth-order valence-electron chi connectivity index (χ4n) is 4.72. The third-order valence-electron chi connectivity index (χ3n) is 5.98. The van der Waals surface area contributed by atoms with E-state index in [1.807, 2.05) is 54.7 Å². The SMILES string of the molecule is C=C1C=C2C(=O)O[C@@H]3CCC(C1)[C@]23OCc1ccc(-c2ccccc2)nc1. The van der Waals surface area contributed by atoms with E-state index < -0.39 is 5.60 Å². The lowest BCUT2D eigenvalue weighted by molar-refractivity contribution is -0.142. The number of pyridine rings is 1. The molecule has 3 aliphatic rings. The van der Waals surface area contributed by atoms with Crippen LogP contribution >= 0.6 is 0 Å². The Balaban J connectivity index is 1.39. The summed E-state index contributed by atoms with van der Waals surface area (Å²) in [4.78, 5) is 16.9. The first-order valence-electron chi connectivity index (χ1n) is 9.42. The van der Waals surface area contributed by atoms with E-state index in [4.69, 9.17) is 9.47 Å². The highest BCUT2D eigenvalue weighted by Crippen LogP contribution is 2.55. The monoisotopic (exact) mass is 359 g/mol. The Bertz CT molecular complexity index is 932. The van der Waals surface area contributed by atoms with Crippen LogP contribution in [-0.4, -0.2) is 22.7 Å². The van der Waals surface area contributed by atoms with E-state index in [1.54, 1.807) is 0 Å². The molecule has 0 spiro atoms. The smallest absolute Gasteiger partial charge is 0.337 e. The average Bonchev–Trinajstić information content (AvgIpc) is 3.18. The minimum atomic E-state index is -0.615. The average molecular weight is 359 g/mol. The van der Waals surface area contributed by atoms with Crippen LogP contribution in [0.3, 0.4) is 0 Å². The molecular weight excluding hydrogens is 338 g/mol. The van der Waals surface area contributed by atoms with Crippen molar-refractivity contribution in [1.29, 1.82) is 0 Å². The predicted octanol–water partition coefficient (Wildman–Crippen LogP) is 4.23. The van der Waals surface area contributed by atoms with Crippen LogP contribution < -0.4 is 0 Å². The van der Waals surface area contributed by atoms with Crippen molar-refractivity contribution in [2.75, 3.05) is 0 Å². The maximum atomic E-state index is 12.3. The highest BCUT2D eigenvalue weighted by molar-refractivity contribution is 5.95. The van der Waals surface area contributed by atoms with Gasteiger partial charge < -0.3 is 9.47 Å². The van der Waals surface area contributed by atoms with Crippen LogP contribution in [0.25, 0.3) is 11.3 Å². The van der Waals surface area contributed by atoms with E-state index in [1.165, 1.54) is 0 Å². The van der Waals surface area contributed by atoms with Crippen LogP contribution in [0.2, 0.25) is 0 Å². The van der Waals surface area contributed by atoms with Crippen molar-refractivity contribution < 1.29 is 14.3 Å². The van der Waals surface area contributed by atoms with Gasteiger partial charge in [0.15, 0.2) is 0 Å². The van der Waals surface area contributed by atoms with Crippen molar-refractivity contribution in [2.45, 2.75) is 37.6 Å². The quantitative estimate of drug-likeness (QED) is 0.767. The first-order valence-corrected chi connectivity index (χ1v) is 9.42. The Morgan fingerprint density at radius 1 is 1.19 bits per heavy atom. The topological polar surface area (TPSA) is 48.4 Å². The molecule has 0 amide bonds. The van der Waals surface area contributed by atoms with Crippen LogP contribution in [0.4, 0.5) is 0 Å². The van der Waals surface area contributed by atoms with Crippen molar-refractivity contribution in [1.82, 2.24) is 4.98 Å². The van der Waals surface area contributed by atoms with Crippen molar-refractivity contribution >= 4 is 5.97 Å². The zero-order valence-corrected chi connectivity index (χ0v) is 15.1. The molecule has 4 heteroatoms. The highest BCUT2D eigenvalue weighted by Gasteiger charge is 2.63. The van der Waals surface area contributed by atoms with Gasteiger partial charge in [-0.15, -0.1) is 0 Å². The molecular formula is C23H21NO3. The number of hydrogen-bond acceptors (Lipinski definition) is 4. The summed E-state index contributed by atoms with van der Waals surface area (Å²) in [6.45, 7) is 4.48. The highest BCUT2D eigenvalue weighted by atomic mass is 16.6. The second kappa shape index (κ2) is 6.17. The Hall–Kier alpha value is -2.72. The number of aromatic nitrogens is 1. The van der Waals surface area contributed by atoms with Gasteiger partial charge in [-0.2, -0.15) is 0 Å². The minimum Gasteiger partial charge on any atom is -0.455 e. The number of benzene rings is 1. The number of rotatable bonds is 4. The maximum absolute atomic E-state index is 12.3. The number of ether oxygens (including phenoxy) is 2. The van der Waals surface area contributed by atoms with Gasteiger partial charge in [-0.05, 0) is 37.0 Å². The Morgan fingerprint density at radius 3 is 2.81 bits per heavy atom. The van der Waals surface area contributed by atoms with Gasteiger partial charge in [0.05, 0.1) is 17.9 Å². The van der Waals surface area contributed by atoms with E-state index in [-0.39, 0.29) is 18.0 Å². The van der Waals surface area contributed by atoms with Crippen LogP contribution in [0.15, 0.2) is 72.5 Å². The summed E-state index contributed by atoms with van der Waals surface area (Å²) in [5.41, 5.74) is 4.05. The largest absolute Gasteiger partial charge is 0.455 e. The summed E-state index contributed by atoms with van der Waals surface area (Å²) in [5, 5.41) is 0. The molecule has 0 radical (unpaired) electrons. The van der Waals surface area contributed by atoms with Gasteiger partial charge in [0.25, 0.3) is 0 Å². The molecule has 0 bridgehead atoms. The van der Waals surface area contributed by atoms with Crippen molar-refractivity contribution in [3.05, 3.63) is 78.0 Å². The lowest BCUT2D eigenvalue weighted by Gasteiger charge is -2.37. The molecule has 3 atom stereocenters. The number of carbonyl (C=O) groups is 1. The van der Waals surface area contributed by atoms with E-state index in [0.717, 1.165) is 41.7 Å². The van der Waals surface area contributed by atoms with E-state index in [0.29, 0.717) is 12.2 Å². The van der Waals surface area contributed by atoms with Gasteiger partial charge >= 0.3 is 5.97 Å². The number of esters is 1. The van der Waals surface area contributed by atoms with Crippen molar-refractivity contribution in [2.24, 2.45) is 5.92 Å². The molecule has 2 fully saturated rings. The molecule has 1 aromatic carbocycles. The van der Waals surface area contributed by atoms with E-state index in [2.05, 4.69) is 11.6 Å². The second-order valence-electron chi connectivity index (χ2n) is 7.59. The summed E-state index contributed by atoms with van der Waals surface area (Å²) in [5.74, 6) is 0.0149. The normalized spacial score (nSPS) is 28.7. The van der Waals surface area contributed by atoms with Gasteiger partial charge in [0.1, 0.15) is 11.7 Å². The molecule has 1 saturated carbocycles. The van der Waals surface area contributed by atoms with Gasteiger partial charge in [-0.1, -0.05) is 48.6 Å². The molecule has 4 nitrogen and oxygen atoms in total. The van der Waals surface area contributed by atoms with Crippen LogP contribution in [0.1, 0.15) is 24.8 Å². The third kappa shape index (κ3) is 2.55. The van der Waals surface area contributed by atoms with Gasteiger partial charge in [-0.25, -0.2) is 4.79 Å². The summed E-state index contributed by atoms with van der Waals surface area (Å²) in [6, 6.07) is 14.1. The lowest BCUT2D eigenvalue weighted by Crippen LogP contribution is -2.45. The summed E-state index contributed by atoms with van der Waals surface area (Å²) < 4.78 is 12.1. The molecule has 2 heterocycles. The zero-order valence-electron chi connectivity index (χ0n) is 15.1. The summed E-state index contributed by atoms with van der Waals surface area (Å²) in [7, 11) is 0.